The number of nitrogens with one attached hydrogen (secondary N) is 2. The average molecular weight is 511 g/mol. The molecule has 0 aliphatic rings. The molecule has 0 unspecified atom stereocenters. The Labute approximate surface area is 215 Å². The number of benzene rings is 4. The summed E-state index contributed by atoms with van der Waals surface area (Å²) in [7, 11) is -3.80. The lowest BCUT2D eigenvalue weighted by molar-refractivity contribution is 0.601. The quantitative estimate of drug-likeness (QED) is 0.283. The van der Waals surface area contributed by atoms with E-state index in [2.05, 4.69) is 14.8 Å². The summed E-state index contributed by atoms with van der Waals surface area (Å²) in [6.07, 6.45) is 1.50. The predicted octanol–water partition coefficient (Wildman–Crippen LogP) is 5.80. The summed E-state index contributed by atoms with van der Waals surface area (Å²) in [6, 6.07) is 25.1. The summed E-state index contributed by atoms with van der Waals surface area (Å²) in [5, 5.41) is 4.87. The van der Waals surface area contributed by atoms with Crippen LogP contribution in [0.2, 0.25) is 0 Å². The summed E-state index contributed by atoms with van der Waals surface area (Å²) >= 11 is 0. The van der Waals surface area contributed by atoms with E-state index in [1.165, 1.54) is 23.0 Å². The second-order valence-electron chi connectivity index (χ2n) is 8.94. The molecular weight excluding hydrogens is 484 g/mol. The van der Waals surface area contributed by atoms with E-state index >= 15 is 0 Å². The molecule has 1 aromatic heterocycles. The Morgan fingerprint density at radius 1 is 0.865 bits per heavy atom. The maximum Gasteiger partial charge on any atom is 0.280 e. The first-order chi connectivity index (χ1) is 17.7. The van der Waals surface area contributed by atoms with Gasteiger partial charge in [0.15, 0.2) is 0 Å². The van der Waals surface area contributed by atoms with E-state index < -0.39 is 10.0 Å². The maximum atomic E-state index is 13.0. The van der Waals surface area contributed by atoms with E-state index in [0.29, 0.717) is 22.6 Å². The normalized spacial score (nSPS) is 11.9. The van der Waals surface area contributed by atoms with E-state index in [4.69, 9.17) is 0 Å². The van der Waals surface area contributed by atoms with E-state index in [9.17, 15) is 13.2 Å². The molecule has 0 atom stereocenters. The van der Waals surface area contributed by atoms with Crippen LogP contribution >= 0.6 is 0 Å². The third-order valence-electron chi connectivity index (χ3n) is 6.39. The first-order valence-electron chi connectivity index (χ1n) is 11.8. The number of aromatic nitrogens is 2. The highest BCUT2D eigenvalue weighted by atomic mass is 32.2. The van der Waals surface area contributed by atoms with Crippen LogP contribution in [-0.2, 0) is 10.0 Å². The van der Waals surface area contributed by atoms with E-state index in [1.54, 1.807) is 18.2 Å². The number of sulfonamides is 1. The molecule has 0 bridgehead atoms. The SMILES string of the molecule is Cc1ccc(-n2[nH]c(C)c(C=Nc3ccc(S(=O)(=O)Nc4cccc5ccccc45)cc3)c2=O)cc1C. The fraction of sp³-hybridized carbons (Fsp3) is 0.103. The van der Waals surface area contributed by atoms with Crippen molar-refractivity contribution in [3.05, 3.63) is 118 Å². The zero-order chi connectivity index (χ0) is 26.2. The van der Waals surface area contributed by atoms with Gasteiger partial charge in [0.05, 0.1) is 27.5 Å². The Bertz CT molecular complexity index is 1810. The van der Waals surface area contributed by atoms with Crippen molar-refractivity contribution in [2.75, 3.05) is 4.72 Å². The van der Waals surface area contributed by atoms with Gasteiger partial charge in [-0.25, -0.2) is 13.1 Å². The molecule has 8 heteroatoms. The molecule has 5 aromatic rings. The minimum atomic E-state index is -3.80. The van der Waals surface area contributed by atoms with E-state index in [1.807, 2.05) is 75.4 Å². The number of aryl methyl sites for hydroxylation is 3. The van der Waals surface area contributed by atoms with Gasteiger partial charge in [0, 0.05) is 17.3 Å². The Morgan fingerprint density at radius 2 is 1.59 bits per heavy atom. The van der Waals surface area contributed by atoms with Crippen LogP contribution in [0.4, 0.5) is 11.4 Å². The highest BCUT2D eigenvalue weighted by molar-refractivity contribution is 7.92. The van der Waals surface area contributed by atoms with Crippen LogP contribution in [0, 0.1) is 20.8 Å². The second-order valence-corrected chi connectivity index (χ2v) is 10.6. The van der Waals surface area contributed by atoms with Gasteiger partial charge in [-0.15, -0.1) is 0 Å². The van der Waals surface area contributed by atoms with Crippen molar-refractivity contribution in [2.24, 2.45) is 4.99 Å². The number of fused-ring (bicyclic) bond motifs is 1. The number of rotatable bonds is 6. The van der Waals surface area contributed by atoms with Gasteiger partial charge >= 0.3 is 0 Å². The highest BCUT2D eigenvalue weighted by Crippen LogP contribution is 2.26. The third-order valence-corrected chi connectivity index (χ3v) is 7.77. The van der Waals surface area contributed by atoms with Crippen molar-refractivity contribution in [1.82, 2.24) is 9.78 Å². The van der Waals surface area contributed by atoms with Crippen LogP contribution in [0.1, 0.15) is 22.4 Å². The number of hydrogen-bond acceptors (Lipinski definition) is 4. The largest absolute Gasteiger partial charge is 0.295 e. The Hall–Kier alpha value is -4.43. The molecule has 2 N–H and O–H groups in total. The lowest BCUT2D eigenvalue weighted by Gasteiger charge is -2.11. The standard InChI is InChI=1S/C29H26N4O3S/c1-19-11-14-24(17-20(19)2)33-29(34)27(21(3)31-33)18-30-23-12-15-25(16-13-23)37(35,36)32-28-10-6-8-22-7-4-5-9-26(22)28/h4-18,31-32H,1-3H3. The molecule has 0 amide bonds. The first kappa shape index (κ1) is 24.3. The van der Waals surface area contributed by atoms with Gasteiger partial charge < -0.3 is 0 Å². The van der Waals surface area contributed by atoms with Gasteiger partial charge in [0.1, 0.15) is 0 Å². The average Bonchev–Trinajstić information content (AvgIpc) is 3.17. The molecule has 0 spiro atoms. The fourth-order valence-corrected chi connectivity index (χ4v) is 5.21. The van der Waals surface area contributed by atoms with Crippen molar-refractivity contribution in [3.63, 3.8) is 0 Å². The van der Waals surface area contributed by atoms with Crippen LogP contribution in [0.25, 0.3) is 16.5 Å². The topological polar surface area (TPSA) is 96.3 Å². The number of H-pyrrole nitrogens is 1. The van der Waals surface area contributed by atoms with Crippen LogP contribution in [0.5, 0.6) is 0 Å². The van der Waals surface area contributed by atoms with Gasteiger partial charge in [0.2, 0.25) is 0 Å². The lowest BCUT2D eigenvalue weighted by atomic mass is 10.1. The predicted molar refractivity (Wildman–Crippen MR) is 149 cm³/mol. The minimum absolute atomic E-state index is 0.120. The molecule has 5 rings (SSSR count). The Kier molecular flexibility index (Phi) is 6.27. The molecule has 0 aliphatic heterocycles. The number of hydrogen-bond donors (Lipinski definition) is 2. The number of anilines is 1. The van der Waals surface area contributed by atoms with Crippen molar-refractivity contribution in [1.29, 1.82) is 0 Å². The fourth-order valence-electron chi connectivity index (χ4n) is 4.13. The molecule has 0 fully saturated rings. The van der Waals surface area contributed by atoms with Crippen molar-refractivity contribution < 1.29 is 8.42 Å². The van der Waals surface area contributed by atoms with Crippen LogP contribution in [0.15, 0.2) is 99.6 Å². The van der Waals surface area contributed by atoms with E-state index in [0.717, 1.165) is 27.6 Å². The van der Waals surface area contributed by atoms with Gasteiger partial charge in [0.25, 0.3) is 15.6 Å². The zero-order valence-electron chi connectivity index (χ0n) is 20.7. The zero-order valence-corrected chi connectivity index (χ0v) is 21.5. The minimum Gasteiger partial charge on any atom is -0.295 e. The molecule has 4 aromatic carbocycles. The molecule has 1 heterocycles. The number of aliphatic imine (C=N–C) groups is 1. The number of nitrogens with zero attached hydrogens (tertiary/aromatic N) is 2. The van der Waals surface area contributed by atoms with Gasteiger partial charge in [-0.3, -0.25) is 19.6 Å². The van der Waals surface area contributed by atoms with Crippen LogP contribution in [-0.4, -0.2) is 24.4 Å². The van der Waals surface area contributed by atoms with Crippen molar-refractivity contribution in [3.8, 4) is 5.69 Å². The molecule has 186 valence electrons. The number of aromatic amines is 1. The second kappa shape index (κ2) is 9.55. The summed E-state index contributed by atoms with van der Waals surface area (Å²) in [5.41, 5.74) is 4.96. The van der Waals surface area contributed by atoms with Crippen molar-refractivity contribution in [2.45, 2.75) is 25.7 Å². The Balaban J connectivity index is 1.37. The van der Waals surface area contributed by atoms with Gasteiger partial charge in [-0.05, 0) is 79.7 Å². The summed E-state index contributed by atoms with van der Waals surface area (Å²) in [6.45, 7) is 5.84. The Morgan fingerprint density at radius 3 is 2.35 bits per heavy atom. The molecule has 0 saturated heterocycles. The molecule has 0 aliphatic carbocycles. The summed E-state index contributed by atoms with van der Waals surface area (Å²) in [5.74, 6) is 0. The molecule has 0 saturated carbocycles. The smallest absolute Gasteiger partial charge is 0.280 e. The van der Waals surface area contributed by atoms with Crippen molar-refractivity contribution >= 4 is 38.4 Å². The summed E-state index contributed by atoms with van der Waals surface area (Å²) < 4.78 is 30.2. The van der Waals surface area contributed by atoms with Gasteiger partial charge in [-0.1, -0.05) is 42.5 Å². The van der Waals surface area contributed by atoms with Gasteiger partial charge in [-0.2, -0.15) is 0 Å². The molecule has 7 nitrogen and oxygen atoms in total. The monoisotopic (exact) mass is 510 g/mol. The first-order valence-corrected chi connectivity index (χ1v) is 13.3. The third kappa shape index (κ3) is 4.83. The lowest BCUT2D eigenvalue weighted by Crippen LogP contribution is -2.17. The van der Waals surface area contributed by atoms with Crippen LogP contribution < -0.4 is 10.3 Å². The maximum absolute atomic E-state index is 13.0. The highest BCUT2D eigenvalue weighted by Gasteiger charge is 2.16. The van der Waals surface area contributed by atoms with Crippen LogP contribution in [0.3, 0.4) is 0 Å². The molecule has 0 radical (unpaired) electrons. The molecule has 37 heavy (non-hydrogen) atoms. The molecular formula is C29H26N4O3S. The van der Waals surface area contributed by atoms with E-state index in [-0.39, 0.29) is 10.5 Å². The summed E-state index contributed by atoms with van der Waals surface area (Å²) in [4.78, 5) is 17.5.